The first-order valence-electron chi connectivity index (χ1n) is 8.79. The number of likely N-dealkylation sites (tertiary alicyclic amines) is 1. The second-order valence-corrected chi connectivity index (χ2v) is 6.85. The molecule has 126 valence electrons. The van der Waals surface area contributed by atoms with Gasteiger partial charge in [0.2, 0.25) is 0 Å². The Morgan fingerprint density at radius 1 is 1.17 bits per heavy atom. The first-order chi connectivity index (χ1) is 11.7. The lowest BCUT2D eigenvalue weighted by Gasteiger charge is -2.21. The van der Waals surface area contributed by atoms with Crippen molar-refractivity contribution in [2.45, 2.75) is 44.2 Å². The summed E-state index contributed by atoms with van der Waals surface area (Å²) in [4.78, 5) is 18.8. The number of hydrogen-bond donors (Lipinski definition) is 1. The highest BCUT2D eigenvalue weighted by atomic mass is 16.3. The maximum Gasteiger partial charge on any atom is 0.253 e. The molecule has 1 fully saturated rings. The molecule has 1 N–H and O–H groups in total. The van der Waals surface area contributed by atoms with E-state index >= 15 is 0 Å². The minimum absolute atomic E-state index is 0.00896. The van der Waals surface area contributed by atoms with Crippen LogP contribution in [0.25, 0.3) is 0 Å². The summed E-state index contributed by atoms with van der Waals surface area (Å²) >= 11 is 0. The number of benzene rings is 1. The Balaban J connectivity index is 1.49. The predicted octanol–water partition coefficient (Wildman–Crippen LogP) is 2.21. The van der Waals surface area contributed by atoms with Gasteiger partial charge < -0.3 is 14.6 Å². The molecule has 0 bridgehead atoms. The molecule has 1 saturated heterocycles. The second-order valence-electron chi connectivity index (χ2n) is 6.85. The number of aliphatic hydroxyl groups is 1. The van der Waals surface area contributed by atoms with Gasteiger partial charge in [-0.3, -0.25) is 4.79 Å². The van der Waals surface area contributed by atoms with Gasteiger partial charge in [-0.2, -0.15) is 0 Å². The van der Waals surface area contributed by atoms with Gasteiger partial charge in [0, 0.05) is 31.0 Å². The summed E-state index contributed by atoms with van der Waals surface area (Å²) in [7, 11) is 0. The number of carbonyl (C=O) groups excluding carboxylic acids is 1. The van der Waals surface area contributed by atoms with Crippen LogP contribution in [0.5, 0.6) is 0 Å². The molecule has 0 spiro atoms. The maximum absolute atomic E-state index is 12.9. The van der Waals surface area contributed by atoms with Crippen LogP contribution in [0.1, 0.15) is 46.8 Å². The van der Waals surface area contributed by atoms with Crippen molar-refractivity contribution in [3.05, 3.63) is 53.6 Å². The zero-order valence-electron chi connectivity index (χ0n) is 13.8. The molecule has 0 radical (unpaired) electrons. The van der Waals surface area contributed by atoms with Gasteiger partial charge in [-0.25, -0.2) is 4.98 Å². The third-order valence-corrected chi connectivity index (χ3v) is 5.37. The van der Waals surface area contributed by atoms with Gasteiger partial charge >= 0.3 is 0 Å². The van der Waals surface area contributed by atoms with Crippen LogP contribution in [0, 0.1) is 0 Å². The Morgan fingerprint density at radius 2 is 2.00 bits per heavy atom. The van der Waals surface area contributed by atoms with E-state index in [-0.39, 0.29) is 11.9 Å². The number of aliphatic hydroxyl groups excluding tert-OH is 1. The predicted molar refractivity (Wildman–Crippen MR) is 90.9 cm³/mol. The fraction of sp³-hybridized carbons (Fsp3) is 0.474. The van der Waals surface area contributed by atoms with E-state index in [0.29, 0.717) is 19.5 Å². The zero-order chi connectivity index (χ0) is 16.5. The number of rotatable bonds is 2. The number of carbonyl (C=O) groups is 1. The summed E-state index contributed by atoms with van der Waals surface area (Å²) in [6.45, 7) is 1.26. The van der Waals surface area contributed by atoms with E-state index in [0.717, 1.165) is 24.8 Å². The van der Waals surface area contributed by atoms with E-state index in [1.54, 1.807) is 12.5 Å². The third kappa shape index (κ3) is 2.84. The lowest BCUT2D eigenvalue weighted by molar-refractivity contribution is 0.0751. The molecule has 2 aliphatic rings. The Hall–Kier alpha value is -2.14. The van der Waals surface area contributed by atoms with Crippen LogP contribution in [0.3, 0.4) is 0 Å². The normalized spacial score (nSPS) is 23.8. The largest absolute Gasteiger partial charge is 0.391 e. The van der Waals surface area contributed by atoms with E-state index in [9.17, 15) is 9.90 Å². The Morgan fingerprint density at radius 3 is 2.83 bits per heavy atom. The van der Waals surface area contributed by atoms with Crippen LogP contribution < -0.4 is 0 Å². The minimum Gasteiger partial charge on any atom is -0.391 e. The Labute approximate surface area is 141 Å². The van der Waals surface area contributed by atoms with Crippen molar-refractivity contribution in [1.82, 2.24) is 14.5 Å². The Bertz CT molecular complexity index is 726. The van der Waals surface area contributed by atoms with Crippen molar-refractivity contribution >= 4 is 5.91 Å². The molecule has 1 aliphatic heterocycles. The number of amides is 1. The molecule has 1 aliphatic carbocycles. The summed E-state index contributed by atoms with van der Waals surface area (Å²) < 4.78 is 1.95. The van der Waals surface area contributed by atoms with E-state index in [1.165, 1.54) is 17.5 Å². The first kappa shape index (κ1) is 15.4. The average molecular weight is 325 g/mol. The highest BCUT2D eigenvalue weighted by Gasteiger charge is 2.28. The van der Waals surface area contributed by atoms with Crippen LogP contribution in [0.2, 0.25) is 0 Å². The Kier molecular flexibility index (Phi) is 4.10. The highest BCUT2D eigenvalue weighted by Crippen LogP contribution is 2.26. The van der Waals surface area contributed by atoms with E-state index in [1.807, 2.05) is 21.7 Å². The summed E-state index contributed by atoms with van der Waals surface area (Å²) in [6.07, 6.45) is 9.65. The topological polar surface area (TPSA) is 58.4 Å². The van der Waals surface area contributed by atoms with E-state index in [2.05, 4.69) is 17.1 Å². The molecule has 2 atom stereocenters. The van der Waals surface area contributed by atoms with Crippen molar-refractivity contribution < 1.29 is 9.90 Å². The van der Waals surface area contributed by atoms with Crippen molar-refractivity contribution in [2.24, 2.45) is 0 Å². The van der Waals surface area contributed by atoms with Crippen LogP contribution in [-0.4, -0.2) is 44.7 Å². The molecular weight excluding hydrogens is 302 g/mol. The summed E-state index contributed by atoms with van der Waals surface area (Å²) in [5.74, 6) is 0.0863. The number of hydrogen-bond acceptors (Lipinski definition) is 3. The van der Waals surface area contributed by atoms with Gasteiger partial charge in [0.15, 0.2) is 0 Å². The van der Waals surface area contributed by atoms with Crippen LogP contribution in [-0.2, 0) is 12.8 Å². The lowest BCUT2D eigenvalue weighted by Crippen LogP contribution is -2.32. The second kappa shape index (κ2) is 6.40. The first-order valence-corrected chi connectivity index (χ1v) is 8.79. The molecule has 0 saturated carbocycles. The highest BCUT2D eigenvalue weighted by molar-refractivity contribution is 5.94. The SMILES string of the molecule is O=C(c1ccc2c(c1)CCC2)N1CC[C@H](O)[C@@H](n2ccnc2)CC1. The molecule has 5 heteroatoms. The molecule has 1 amide bonds. The zero-order valence-corrected chi connectivity index (χ0v) is 13.8. The van der Waals surface area contributed by atoms with Crippen LogP contribution >= 0.6 is 0 Å². The van der Waals surface area contributed by atoms with E-state index in [4.69, 9.17) is 0 Å². The van der Waals surface area contributed by atoms with Gasteiger partial charge in [0.1, 0.15) is 0 Å². The molecule has 1 aromatic heterocycles. The fourth-order valence-electron chi connectivity index (χ4n) is 3.98. The molecule has 2 aromatic rings. The molecule has 5 nitrogen and oxygen atoms in total. The number of aromatic nitrogens is 2. The number of nitrogens with zero attached hydrogens (tertiary/aromatic N) is 3. The lowest BCUT2D eigenvalue weighted by atomic mass is 10.1. The third-order valence-electron chi connectivity index (χ3n) is 5.37. The van der Waals surface area contributed by atoms with Crippen molar-refractivity contribution in [2.75, 3.05) is 13.1 Å². The monoisotopic (exact) mass is 325 g/mol. The molecule has 24 heavy (non-hydrogen) atoms. The quantitative estimate of drug-likeness (QED) is 0.921. The molecule has 4 rings (SSSR count). The van der Waals surface area contributed by atoms with Crippen LogP contribution in [0.4, 0.5) is 0 Å². The average Bonchev–Trinajstić information content (AvgIpc) is 3.24. The maximum atomic E-state index is 12.9. The van der Waals surface area contributed by atoms with Crippen LogP contribution in [0.15, 0.2) is 36.9 Å². The van der Waals surface area contributed by atoms with Crippen molar-refractivity contribution in [3.8, 4) is 0 Å². The summed E-state index contributed by atoms with van der Waals surface area (Å²) in [5, 5.41) is 10.4. The molecule has 1 aromatic carbocycles. The van der Waals surface area contributed by atoms with Crippen molar-refractivity contribution in [1.29, 1.82) is 0 Å². The van der Waals surface area contributed by atoms with Gasteiger partial charge in [0.05, 0.1) is 18.5 Å². The van der Waals surface area contributed by atoms with E-state index < -0.39 is 6.10 Å². The number of fused-ring (bicyclic) bond motifs is 1. The minimum atomic E-state index is -0.447. The number of imidazole rings is 1. The standard InChI is InChI=1S/C19H23N3O2/c23-18-7-10-21(9-6-17(18)22-11-8-20-13-22)19(24)16-5-4-14-2-1-3-15(14)12-16/h4-5,8,11-13,17-18,23H,1-3,6-7,9-10H2/t17-,18-/m0/s1. The number of aryl methyl sites for hydroxylation is 2. The molecular formula is C19H23N3O2. The fourth-order valence-corrected chi connectivity index (χ4v) is 3.98. The van der Waals surface area contributed by atoms with Gasteiger partial charge in [0.25, 0.3) is 5.91 Å². The van der Waals surface area contributed by atoms with Crippen molar-refractivity contribution in [3.63, 3.8) is 0 Å². The van der Waals surface area contributed by atoms with Gasteiger partial charge in [-0.05, 0) is 55.4 Å². The summed E-state index contributed by atoms with van der Waals surface area (Å²) in [6, 6.07) is 6.13. The smallest absolute Gasteiger partial charge is 0.253 e. The molecule has 0 unspecified atom stereocenters. The molecule has 2 heterocycles. The summed E-state index contributed by atoms with van der Waals surface area (Å²) in [5.41, 5.74) is 3.50. The van der Waals surface area contributed by atoms with Gasteiger partial charge in [-0.1, -0.05) is 6.07 Å². The van der Waals surface area contributed by atoms with Gasteiger partial charge in [-0.15, -0.1) is 0 Å².